The number of hydrazine groups is 1. The van der Waals surface area contributed by atoms with E-state index < -0.39 is 5.82 Å². The monoisotopic (exact) mass is 464 g/mol. The third kappa shape index (κ3) is 4.58. The Bertz CT molecular complexity index is 892. The van der Waals surface area contributed by atoms with Gasteiger partial charge in [-0.05, 0) is 68.4 Å². The lowest BCUT2D eigenvalue weighted by atomic mass is 9.60. The topological polar surface area (TPSA) is 82.7 Å². The highest BCUT2D eigenvalue weighted by atomic mass is 35.5. The fourth-order valence-electron chi connectivity index (χ4n) is 5.50. The second-order valence-electron chi connectivity index (χ2n) is 9.82. The van der Waals surface area contributed by atoms with Gasteiger partial charge in [0.1, 0.15) is 17.6 Å². The van der Waals surface area contributed by atoms with E-state index in [9.17, 15) is 14.0 Å². The first-order valence-corrected chi connectivity index (χ1v) is 11.9. The minimum absolute atomic E-state index is 0.0132. The number of amides is 2. The van der Waals surface area contributed by atoms with Gasteiger partial charge in [-0.1, -0.05) is 11.6 Å². The van der Waals surface area contributed by atoms with Crippen molar-refractivity contribution in [2.24, 2.45) is 17.8 Å². The van der Waals surface area contributed by atoms with E-state index >= 15 is 0 Å². The number of halogens is 2. The number of hydrogen-bond donors (Lipinski definition) is 3. The minimum atomic E-state index is -0.581. The Morgan fingerprint density at radius 1 is 1.12 bits per heavy atom. The quantitative estimate of drug-likeness (QED) is 0.576. The van der Waals surface area contributed by atoms with Gasteiger partial charge in [0.05, 0.1) is 5.02 Å². The zero-order valence-corrected chi connectivity index (χ0v) is 18.9. The third-order valence-corrected chi connectivity index (χ3v) is 7.91. The number of nitrogens with one attached hydrogen (secondary N) is 3. The van der Waals surface area contributed by atoms with Crippen LogP contribution in [0, 0.1) is 23.6 Å². The smallest absolute Gasteiger partial charge is 0.258 e. The molecule has 0 aromatic heterocycles. The van der Waals surface area contributed by atoms with Crippen molar-refractivity contribution in [2.75, 3.05) is 13.7 Å². The van der Waals surface area contributed by atoms with Gasteiger partial charge in [-0.3, -0.25) is 15.0 Å². The number of fused-ring (bicyclic) bond motifs is 2. The van der Waals surface area contributed by atoms with Crippen LogP contribution < -0.4 is 20.8 Å². The molecule has 4 atom stereocenters. The zero-order chi connectivity index (χ0) is 22.4. The summed E-state index contributed by atoms with van der Waals surface area (Å²) in [6.45, 7) is -0.189. The highest BCUT2D eigenvalue weighted by molar-refractivity contribution is 6.30. The standard InChI is InChI=1S/C23H30ClFN4O3/c1-29-21(10-20(28-29)12-2-3-12)23(31)27-19-9-18(13-6-14(19)7-13)26-22(30)11-32-15-4-5-16(24)17(25)8-15/h4-5,8,12-14,18-21,28H,2-3,6-7,9-11H2,1H3,(H,26,30)(H,27,31)/t13?,14?,18-,19?,20?,21?/m0/s1. The van der Waals surface area contributed by atoms with Crippen molar-refractivity contribution in [1.29, 1.82) is 0 Å². The highest BCUT2D eigenvalue weighted by Gasteiger charge is 2.48. The Hall–Kier alpha value is -1.90. The molecule has 1 saturated heterocycles. The number of likely N-dealkylation sites (N-methyl/N-ethyl adjacent to an activating group) is 1. The Morgan fingerprint density at radius 3 is 2.53 bits per heavy atom. The van der Waals surface area contributed by atoms with Crippen molar-refractivity contribution >= 4 is 23.4 Å². The summed E-state index contributed by atoms with van der Waals surface area (Å²) in [5, 5.41) is 8.30. The van der Waals surface area contributed by atoms with E-state index in [1.165, 1.54) is 31.0 Å². The molecule has 0 radical (unpaired) electrons. The number of nitrogens with zero attached hydrogens (tertiary/aromatic N) is 1. The van der Waals surface area contributed by atoms with Gasteiger partial charge < -0.3 is 15.4 Å². The molecule has 5 aliphatic rings. The van der Waals surface area contributed by atoms with Gasteiger partial charge >= 0.3 is 0 Å². The van der Waals surface area contributed by atoms with Crippen LogP contribution >= 0.6 is 11.6 Å². The molecule has 3 unspecified atom stereocenters. The molecule has 1 aromatic carbocycles. The number of rotatable bonds is 7. The van der Waals surface area contributed by atoms with E-state index in [0.29, 0.717) is 23.8 Å². The second kappa shape index (κ2) is 8.80. The van der Waals surface area contributed by atoms with Crippen LogP contribution in [0.1, 0.15) is 38.5 Å². The molecular weight excluding hydrogens is 435 g/mol. The Balaban J connectivity index is 1.11. The maximum Gasteiger partial charge on any atom is 0.258 e. The van der Waals surface area contributed by atoms with E-state index in [0.717, 1.165) is 25.7 Å². The Kier molecular flexibility index (Phi) is 6.03. The summed E-state index contributed by atoms with van der Waals surface area (Å²) in [6, 6.07) is 4.47. The number of hydrogen-bond acceptors (Lipinski definition) is 5. The van der Waals surface area contributed by atoms with Gasteiger partial charge in [0, 0.05) is 31.2 Å². The third-order valence-electron chi connectivity index (χ3n) is 7.60. The molecule has 4 saturated carbocycles. The Morgan fingerprint density at radius 2 is 1.84 bits per heavy atom. The molecule has 5 fully saturated rings. The first-order chi connectivity index (χ1) is 15.4. The molecule has 2 bridgehead atoms. The predicted molar refractivity (Wildman–Crippen MR) is 117 cm³/mol. The van der Waals surface area contributed by atoms with Crippen LogP contribution in [0.3, 0.4) is 0 Å². The molecular formula is C23H30ClFN4O3. The maximum atomic E-state index is 13.5. The van der Waals surface area contributed by atoms with Gasteiger partial charge in [0.2, 0.25) is 5.91 Å². The van der Waals surface area contributed by atoms with Crippen LogP contribution in [0.4, 0.5) is 4.39 Å². The molecule has 4 aliphatic carbocycles. The largest absolute Gasteiger partial charge is 0.484 e. The molecule has 3 N–H and O–H groups in total. The van der Waals surface area contributed by atoms with Gasteiger partial charge in [-0.2, -0.15) is 0 Å². The molecule has 174 valence electrons. The Labute approximate surface area is 192 Å². The van der Waals surface area contributed by atoms with Crippen LogP contribution in [0.2, 0.25) is 5.02 Å². The molecule has 0 spiro atoms. The predicted octanol–water partition coefficient (Wildman–Crippen LogP) is 2.24. The lowest BCUT2D eigenvalue weighted by molar-refractivity contribution is -0.129. The molecule has 1 aliphatic heterocycles. The number of carbonyl (C=O) groups is 2. The summed E-state index contributed by atoms with van der Waals surface area (Å²) in [7, 11) is 1.95. The van der Waals surface area contributed by atoms with Gasteiger partial charge in [-0.15, -0.1) is 0 Å². The number of carbonyl (C=O) groups excluding carboxylic acids is 2. The van der Waals surface area contributed by atoms with Crippen LogP contribution in [0.15, 0.2) is 18.2 Å². The lowest BCUT2D eigenvalue weighted by Crippen LogP contribution is -2.61. The first kappa shape index (κ1) is 21.9. The van der Waals surface area contributed by atoms with E-state index in [2.05, 4.69) is 16.1 Å². The summed E-state index contributed by atoms with van der Waals surface area (Å²) < 4.78 is 18.9. The van der Waals surface area contributed by atoms with E-state index in [4.69, 9.17) is 16.3 Å². The van der Waals surface area contributed by atoms with Crippen molar-refractivity contribution in [3.8, 4) is 5.75 Å². The molecule has 9 heteroatoms. The fraction of sp³-hybridized carbons (Fsp3) is 0.652. The second-order valence-corrected chi connectivity index (χ2v) is 10.2. The average molecular weight is 465 g/mol. The summed E-state index contributed by atoms with van der Waals surface area (Å²) in [6.07, 6.45) is 6.13. The normalized spacial score (nSPS) is 34.0. The van der Waals surface area contributed by atoms with Crippen LogP contribution in [0.25, 0.3) is 0 Å². The van der Waals surface area contributed by atoms with Crippen molar-refractivity contribution in [2.45, 2.75) is 62.7 Å². The van der Waals surface area contributed by atoms with Crippen LogP contribution in [0.5, 0.6) is 5.75 Å². The zero-order valence-electron chi connectivity index (χ0n) is 18.2. The van der Waals surface area contributed by atoms with Gasteiger partial charge in [-0.25, -0.2) is 9.40 Å². The van der Waals surface area contributed by atoms with Crippen molar-refractivity contribution in [3.63, 3.8) is 0 Å². The van der Waals surface area contributed by atoms with E-state index in [-0.39, 0.29) is 47.3 Å². The van der Waals surface area contributed by atoms with Gasteiger partial charge in [0.15, 0.2) is 6.61 Å². The summed E-state index contributed by atoms with van der Waals surface area (Å²) in [5.74, 6) is 1.17. The van der Waals surface area contributed by atoms with E-state index in [1.54, 1.807) is 0 Å². The SMILES string of the molecule is CN1NC(C2CC2)CC1C(=O)NC1C[C@H](NC(=O)COc2ccc(Cl)c(F)c2)C2CC1C2. The first-order valence-electron chi connectivity index (χ1n) is 11.5. The van der Waals surface area contributed by atoms with Crippen molar-refractivity contribution in [3.05, 3.63) is 29.0 Å². The van der Waals surface area contributed by atoms with Crippen molar-refractivity contribution in [1.82, 2.24) is 21.1 Å². The molecule has 6 rings (SSSR count). The highest BCUT2D eigenvalue weighted by Crippen LogP contribution is 2.46. The maximum absolute atomic E-state index is 13.5. The van der Waals surface area contributed by atoms with Crippen LogP contribution in [-0.4, -0.2) is 54.6 Å². The molecule has 1 aromatic rings. The fourth-order valence-corrected chi connectivity index (χ4v) is 5.62. The minimum Gasteiger partial charge on any atom is -0.484 e. The lowest BCUT2D eigenvalue weighted by Gasteiger charge is -2.51. The van der Waals surface area contributed by atoms with E-state index in [1.807, 2.05) is 12.1 Å². The van der Waals surface area contributed by atoms with Gasteiger partial charge in [0.25, 0.3) is 5.91 Å². The summed E-state index contributed by atoms with van der Waals surface area (Å²) in [5.41, 5.74) is 3.44. The number of ether oxygens (including phenoxy) is 1. The van der Waals surface area contributed by atoms with Crippen LogP contribution in [-0.2, 0) is 9.59 Å². The summed E-state index contributed by atoms with van der Waals surface area (Å²) >= 11 is 5.67. The molecule has 2 amide bonds. The summed E-state index contributed by atoms with van der Waals surface area (Å²) in [4.78, 5) is 25.4. The molecule has 7 nitrogen and oxygen atoms in total. The number of benzene rings is 1. The molecule has 1 heterocycles. The average Bonchev–Trinajstić information content (AvgIpc) is 3.49. The van der Waals surface area contributed by atoms with Crippen molar-refractivity contribution < 1.29 is 18.7 Å². The molecule has 32 heavy (non-hydrogen) atoms.